The van der Waals surface area contributed by atoms with Gasteiger partial charge in [-0.2, -0.15) is 0 Å². The Morgan fingerprint density at radius 2 is 2.20 bits per heavy atom. The summed E-state index contributed by atoms with van der Waals surface area (Å²) in [5.74, 6) is 6.00. The predicted molar refractivity (Wildman–Crippen MR) is 78.7 cm³/mol. The molecule has 1 aromatic carbocycles. The van der Waals surface area contributed by atoms with Crippen LogP contribution in [0.4, 0.5) is 4.39 Å². The molecule has 0 bridgehead atoms. The van der Waals surface area contributed by atoms with Gasteiger partial charge in [0.2, 0.25) is 0 Å². The summed E-state index contributed by atoms with van der Waals surface area (Å²) in [4.78, 5) is 4.13. The van der Waals surface area contributed by atoms with Gasteiger partial charge in [-0.15, -0.1) is 0 Å². The van der Waals surface area contributed by atoms with E-state index in [9.17, 15) is 4.39 Å². The molecule has 0 saturated heterocycles. The Hall–Kier alpha value is -1.50. The number of hydrogen-bond acceptors (Lipinski definition) is 4. The van der Waals surface area contributed by atoms with Crippen LogP contribution in [0.15, 0.2) is 41.1 Å². The minimum absolute atomic E-state index is 0.308. The molecule has 0 fully saturated rings. The highest BCUT2D eigenvalue weighted by Crippen LogP contribution is 2.29. The third-order valence-corrected chi connectivity index (χ3v) is 3.51. The first-order valence-electron chi connectivity index (χ1n) is 6.14. The Bertz CT molecular complexity index is 594. The minimum atomic E-state index is -0.308. The zero-order chi connectivity index (χ0) is 14.5. The monoisotopic (exact) mass is 339 g/mol. The van der Waals surface area contributed by atoms with Gasteiger partial charge in [-0.25, -0.2) is 9.82 Å². The van der Waals surface area contributed by atoms with E-state index < -0.39 is 0 Å². The lowest BCUT2D eigenvalue weighted by Gasteiger charge is -2.18. The van der Waals surface area contributed by atoms with E-state index >= 15 is 0 Å². The molecular weight excluding hydrogens is 325 g/mol. The molecule has 0 amide bonds. The summed E-state index contributed by atoms with van der Waals surface area (Å²) >= 11 is 3.35. The standard InChI is InChI=1S/C14H15BrFN3O/c1-2-20-11-5-9(7-18-8-11)14(19-17)12-4-3-10(16)6-13(12)15/h3-8,14,19H,2,17H2,1H3. The Labute approximate surface area is 125 Å². The van der Waals surface area contributed by atoms with Gasteiger partial charge in [-0.05, 0) is 36.2 Å². The average Bonchev–Trinajstić information content (AvgIpc) is 2.43. The van der Waals surface area contributed by atoms with Crippen molar-refractivity contribution in [3.63, 3.8) is 0 Å². The molecule has 1 atom stereocenters. The largest absolute Gasteiger partial charge is 0.492 e. The van der Waals surface area contributed by atoms with Crippen LogP contribution in [0.3, 0.4) is 0 Å². The van der Waals surface area contributed by atoms with Crippen molar-refractivity contribution in [1.29, 1.82) is 0 Å². The molecule has 2 aromatic rings. The minimum Gasteiger partial charge on any atom is -0.492 e. The van der Waals surface area contributed by atoms with Gasteiger partial charge in [0.05, 0.1) is 18.8 Å². The van der Waals surface area contributed by atoms with E-state index in [4.69, 9.17) is 10.6 Å². The van der Waals surface area contributed by atoms with Crippen molar-refractivity contribution in [2.24, 2.45) is 5.84 Å². The highest BCUT2D eigenvalue weighted by atomic mass is 79.9. The molecule has 4 nitrogen and oxygen atoms in total. The fraction of sp³-hybridized carbons (Fsp3) is 0.214. The van der Waals surface area contributed by atoms with Crippen molar-refractivity contribution in [2.45, 2.75) is 13.0 Å². The van der Waals surface area contributed by atoms with E-state index in [1.807, 2.05) is 13.0 Å². The van der Waals surface area contributed by atoms with Crippen LogP contribution in [0.5, 0.6) is 5.75 Å². The predicted octanol–water partition coefficient (Wildman–Crippen LogP) is 2.93. The van der Waals surface area contributed by atoms with Crippen molar-refractivity contribution in [3.8, 4) is 5.75 Å². The molecule has 0 aliphatic rings. The van der Waals surface area contributed by atoms with Crippen LogP contribution in [0.25, 0.3) is 0 Å². The molecule has 1 heterocycles. The lowest BCUT2D eigenvalue weighted by atomic mass is 10.0. The number of nitrogens with zero attached hydrogens (tertiary/aromatic N) is 1. The van der Waals surface area contributed by atoms with E-state index in [0.717, 1.165) is 11.1 Å². The average molecular weight is 340 g/mol. The van der Waals surface area contributed by atoms with Gasteiger partial charge < -0.3 is 4.74 Å². The number of hydrazine groups is 1. The zero-order valence-corrected chi connectivity index (χ0v) is 12.5. The molecule has 106 valence electrons. The number of ether oxygens (including phenoxy) is 1. The molecule has 1 aromatic heterocycles. The van der Waals surface area contributed by atoms with Crippen molar-refractivity contribution < 1.29 is 9.13 Å². The summed E-state index contributed by atoms with van der Waals surface area (Å²) < 4.78 is 19.2. The number of pyridine rings is 1. The third-order valence-electron chi connectivity index (χ3n) is 2.82. The van der Waals surface area contributed by atoms with Crippen LogP contribution in [-0.4, -0.2) is 11.6 Å². The normalized spacial score (nSPS) is 12.2. The van der Waals surface area contributed by atoms with E-state index in [2.05, 4.69) is 26.3 Å². The first kappa shape index (κ1) is 14.9. The van der Waals surface area contributed by atoms with Crippen molar-refractivity contribution in [1.82, 2.24) is 10.4 Å². The number of nitrogens with one attached hydrogen (secondary N) is 1. The van der Waals surface area contributed by atoms with E-state index in [1.165, 1.54) is 12.1 Å². The van der Waals surface area contributed by atoms with Crippen LogP contribution in [-0.2, 0) is 0 Å². The molecule has 0 saturated carbocycles. The second-order valence-electron chi connectivity index (χ2n) is 4.15. The maximum Gasteiger partial charge on any atom is 0.137 e. The fourth-order valence-corrected chi connectivity index (χ4v) is 2.52. The quantitative estimate of drug-likeness (QED) is 0.649. The summed E-state index contributed by atoms with van der Waals surface area (Å²) in [7, 11) is 0. The van der Waals surface area contributed by atoms with Gasteiger partial charge >= 0.3 is 0 Å². The van der Waals surface area contributed by atoms with Crippen molar-refractivity contribution in [3.05, 3.63) is 58.1 Å². The summed E-state index contributed by atoms with van der Waals surface area (Å²) in [5, 5.41) is 0. The van der Waals surface area contributed by atoms with E-state index in [-0.39, 0.29) is 11.9 Å². The Kier molecular flexibility index (Phi) is 5.05. The second kappa shape index (κ2) is 6.78. The highest BCUT2D eigenvalue weighted by Gasteiger charge is 2.17. The van der Waals surface area contributed by atoms with Gasteiger partial charge in [0.15, 0.2) is 0 Å². The Balaban J connectivity index is 2.38. The number of nitrogens with two attached hydrogens (primary N) is 1. The highest BCUT2D eigenvalue weighted by molar-refractivity contribution is 9.10. The fourth-order valence-electron chi connectivity index (χ4n) is 1.94. The van der Waals surface area contributed by atoms with Crippen LogP contribution in [0, 0.1) is 5.82 Å². The summed E-state index contributed by atoms with van der Waals surface area (Å²) in [6.45, 7) is 2.47. The van der Waals surface area contributed by atoms with Crippen LogP contribution in [0.2, 0.25) is 0 Å². The van der Waals surface area contributed by atoms with Crippen LogP contribution in [0.1, 0.15) is 24.1 Å². The second-order valence-corrected chi connectivity index (χ2v) is 5.01. The number of hydrogen-bond donors (Lipinski definition) is 2. The first-order valence-corrected chi connectivity index (χ1v) is 6.93. The molecule has 3 N–H and O–H groups in total. The lowest BCUT2D eigenvalue weighted by Crippen LogP contribution is -2.29. The van der Waals surface area contributed by atoms with Gasteiger partial charge in [-0.1, -0.05) is 22.0 Å². The molecule has 0 aliphatic heterocycles. The molecule has 6 heteroatoms. The molecule has 0 spiro atoms. The third kappa shape index (κ3) is 3.33. The van der Waals surface area contributed by atoms with E-state index in [0.29, 0.717) is 16.8 Å². The summed E-state index contributed by atoms with van der Waals surface area (Å²) in [6, 6.07) is 6.02. The molecule has 20 heavy (non-hydrogen) atoms. The van der Waals surface area contributed by atoms with Crippen LogP contribution >= 0.6 is 15.9 Å². The van der Waals surface area contributed by atoms with Crippen molar-refractivity contribution >= 4 is 15.9 Å². The van der Waals surface area contributed by atoms with Gasteiger partial charge in [0.25, 0.3) is 0 Å². The maximum absolute atomic E-state index is 13.2. The number of aromatic nitrogens is 1. The molecule has 0 radical (unpaired) electrons. The van der Waals surface area contributed by atoms with Gasteiger partial charge in [0.1, 0.15) is 11.6 Å². The number of benzene rings is 1. The van der Waals surface area contributed by atoms with E-state index in [1.54, 1.807) is 18.5 Å². The maximum atomic E-state index is 13.2. The molecule has 2 rings (SSSR count). The molecule has 0 aliphatic carbocycles. The zero-order valence-electron chi connectivity index (χ0n) is 10.9. The Morgan fingerprint density at radius 3 is 2.85 bits per heavy atom. The SMILES string of the molecule is CCOc1cncc(C(NN)c2ccc(F)cc2Br)c1. The first-order chi connectivity index (χ1) is 9.65. The van der Waals surface area contributed by atoms with Gasteiger partial charge in [-0.3, -0.25) is 10.8 Å². The smallest absolute Gasteiger partial charge is 0.137 e. The molecular formula is C14H15BrFN3O. The number of halogens is 2. The molecule has 1 unspecified atom stereocenters. The van der Waals surface area contributed by atoms with Crippen molar-refractivity contribution in [2.75, 3.05) is 6.61 Å². The summed E-state index contributed by atoms with van der Waals surface area (Å²) in [5.41, 5.74) is 4.38. The van der Waals surface area contributed by atoms with Crippen LogP contribution < -0.4 is 16.0 Å². The topological polar surface area (TPSA) is 60.2 Å². The lowest BCUT2D eigenvalue weighted by molar-refractivity contribution is 0.338. The number of rotatable bonds is 5. The Morgan fingerprint density at radius 1 is 1.40 bits per heavy atom. The van der Waals surface area contributed by atoms with Gasteiger partial charge in [0, 0.05) is 10.7 Å². The summed E-state index contributed by atoms with van der Waals surface area (Å²) in [6.07, 6.45) is 3.34.